The Morgan fingerprint density at radius 2 is 2.33 bits per heavy atom. The molecule has 4 heteroatoms. The summed E-state index contributed by atoms with van der Waals surface area (Å²) in [4.78, 5) is 15.9. The summed E-state index contributed by atoms with van der Waals surface area (Å²) < 4.78 is 4.72. The van der Waals surface area contributed by atoms with Crippen LogP contribution in [0.2, 0.25) is 0 Å². The molecule has 0 bridgehead atoms. The highest BCUT2D eigenvalue weighted by molar-refractivity contribution is 5.90. The first kappa shape index (κ1) is 10.1. The smallest absolute Gasteiger partial charge is 0.339 e. The maximum Gasteiger partial charge on any atom is 0.339 e. The molecule has 0 saturated heterocycles. The van der Waals surface area contributed by atoms with E-state index in [1.807, 2.05) is 0 Å². The summed E-state index contributed by atoms with van der Waals surface area (Å²) in [5.41, 5.74) is 7.78. The molecule has 15 heavy (non-hydrogen) atoms. The van der Waals surface area contributed by atoms with E-state index in [1.54, 1.807) is 12.1 Å². The van der Waals surface area contributed by atoms with Gasteiger partial charge in [-0.1, -0.05) is 0 Å². The van der Waals surface area contributed by atoms with Gasteiger partial charge in [0.2, 0.25) is 0 Å². The van der Waals surface area contributed by atoms with Crippen LogP contribution in [-0.4, -0.2) is 18.1 Å². The first-order valence-corrected chi connectivity index (χ1v) is 5.04. The van der Waals surface area contributed by atoms with Crippen LogP contribution in [0.5, 0.6) is 0 Å². The number of ether oxygens (including phenoxy) is 1. The molecule has 80 valence electrons. The number of carbonyl (C=O) groups excluding carboxylic acids is 1. The van der Waals surface area contributed by atoms with Gasteiger partial charge in [0.05, 0.1) is 24.1 Å². The number of hydrogen-bond acceptors (Lipinski definition) is 4. The first-order chi connectivity index (χ1) is 7.26. The summed E-state index contributed by atoms with van der Waals surface area (Å²) in [6, 6.07) is 3.53. The van der Waals surface area contributed by atoms with Gasteiger partial charge in [-0.2, -0.15) is 0 Å². The minimum atomic E-state index is -0.312. The van der Waals surface area contributed by atoms with E-state index in [4.69, 9.17) is 10.5 Å². The predicted molar refractivity (Wildman–Crippen MR) is 55.4 cm³/mol. The van der Waals surface area contributed by atoms with E-state index in [2.05, 4.69) is 4.98 Å². The van der Waals surface area contributed by atoms with Gasteiger partial charge in [-0.05, 0) is 25.0 Å². The van der Waals surface area contributed by atoms with Gasteiger partial charge in [-0.3, -0.25) is 4.98 Å². The summed E-state index contributed by atoms with van der Waals surface area (Å²) in [6.45, 7) is 0.404. The van der Waals surface area contributed by atoms with Crippen LogP contribution >= 0.6 is 0 Å². The van der Waals surface area contributed by atoms with Gasteiger partial charge in [0, 0.05) is 12.5 Å². The van der Waals surface area contributed by atoms with Crippen LogP contribution in [0, 0.1) is 0 Å². The Labute approximate surface area is 88.4 Å². The number of hydrogen-bond donors (Lipinski definition) is 1. The first-order valence-electron chi connectivity index (χ1n) is 5.04. The van der Waals surface area contributed by atoms with E-state index in [1.165, 1.54) is 7.11 Å². The summed E-state index contributed by atoms with van der Waals surface area (Å²) in [5, 5.41) is 0. The lowest BCUT2D eigenvalue weighted by Crippen LogP contribution is -2.10. The third kappa shape index (κ3) is 1.99. The van der Waals surface area contributed by atoms with Crippen molar-refractivity contribution in [2.24, 2.45) is 5.73 Å². The Bertz CT molecular complexity index is 386. The van der Waals surface area contributed by atoms with E-state index in [0.29, 0.717) is 18.0 Å². The number of nitrogens with two attached hydrogens (primary N) is 1. The van der Waals surface area contributed by atoms with Crippen molar-refractivity contribution < 1.29 is 9.53 Å². The highest BCUT2D eigenvalue weighted by atomic mass is 16.5. The fourth-order valence-corrected chi connectivity index (χ4v) is 1.58. The molecule has 0 radical (unpaired) electrons. The Morgan fingerprint density at radius 1 is 1.60 bits per heavy atom. The van der Waals surface area contributed by atoms with E-state index >= 15 is 0 Å². The van der Waals surface area contributed by atoms with Crippen molar-refractivity contribution in [1.82, 2.24) is 4.98 Å². The van der Waals surface area contributed by atoms with Crippen LogP contribution in [0.25, 0.3) is 0 Å². The molecule has 0 aliphatic heterocycles. The minimum Gasteiger partial charge on any atom is -0.465 e. The van der Waals surface area contributed by atoms with Crippen LogP contribution < -0.4 is 5.73 Å². The molecule has 0 atom stereocenters. The highest BCUT2D eigenvalue weighted by Crippen LogP contribution is 2.40. The third-order valence-electron chi connectivity index (χ3n) is 2.56. The zero-order chi connectivity index (χ0) is 10.8. The largest absolute Gasteiger partial charge is 0.465 e. The Kier molecular flexibility index (Phi) is 2.68. The Hall–Kier alpha value is -1.42. The summed E-state index contributed by atoms with van der Waals surface area (Å²) in [6.07, 6.45) is 2.20. The number of pyridine rings is 1. The summed E-state index contributed by atoms with van der Waals surface area (Å²) >= 11 is 0. The zero-order valence-corrected chi connectivity index (χ0v) is 8.69. The molecule has 1 fully saturated rings. The molecule has 1 aliphatic carbocycles. The number of esters is 1. The van der Waals surface area contributed by atoms with Gasteiger partial charge in [0.25, 0.3) is 0 Å². The van der Waals surface area contributed by atoms with E-state index < -0.39 is 0 Å². The number of carbonyl (C=O) groups is 1. The fraction of sp³-hybridized carbons (Fsp3) is 0.455. The molecule has 1 heterocycles. The van der Waals surface area contributed by atoms with Gasteiger partial charge in [-0.15, -0.1) is 0 Å². The maximum atomic E-state index is 11.5. The maximum absolute atomic E-state index is 11.5. The molecule has 0 unspecified atom stereocenters. The van der Waals surface area contributed by atoms with Crippen LogP contribution in [0.4, 0.5) is 0 Å². The standard InChI is InChI=1S/C11H14N2O2/c1-15-11(14)9-5-4-8(6-12)13-10(9)7-2-3-7/h4-5,7H,2-3,6,12H2,1H3. The topological polar surface area (TPSA) is 65.2 Å². The van der Waals surface area contributed by atoms with E-state index in [0.717, 1.165) is 24.2 Å². The Balaban J connectivity index is 2.39. The molecule has 4 nitrogen and oxygen atoms in total. The second-order valence-electron chi connectivity index (χ2n) is 3.71. The number of nitrogens with zero attached hydrogens (tertiary/aromatic N) is 1. The molecule has 1 aliphatic rings. The molecule has 1 aromatic rings. The second-order valence-corrected chi connectivity index (χ2v) is 3.71. The van der Waals surface area contributed by atoms with E-state index in [9.17, 15) is 4.79 Å². The molecule has 1 saturated carbocycles. The molecular formula is C11H14N2O2. The van der Waals surface area contributed by atoms with Gasteiger partial charge < -0.3 is 10.5 Å². The quantitative estimate of drug-likeness (QED) is 0.755. The summed E-state index contributed by atoms with van der Waals surface area (Å²) in [7, 11) is 1.38. The van der Waals surface area contributed by atoms with Crippen molar-refractivity contribution in [2.45, 2.75) is 25.3 Å². The lowest BCUT2D eigenvalue weighted by atomic mass is 10.1. The summed E-state index contributed by atoms with van der Waals surface area (Å²) in [5.74, 6) is 0.110. The van der Waals surface area contributed by atoms with Crippen molar-refractivity contribution in [3.05, 3.63) is 29.1 Å². The van der Waals surface area contributed by atoms with Gasteiger partial charge in [0.1, 0.15) is 0 Å². The van der Waals surface area contributed by atoms with Crippen LogP contribution in [-0.2, 0) is 11.3 Å². The highest BCUT2D eigenvalue weighted by Gasteiger charge is 2.30. The lowest BCUT2D eigenvalue weighted by Gasteiger charge is -2.07. The van der Waals surface area contributed by atoms with Crippen molar-refractivity contribution >= 4 is 5.97 Å². The molecule has 2 N–H and O–H groups in total. The van der Waals surface area contributed by atoms with Gasteiger partial charge >= 0.3 is 5.97 Å². The van der Waals surface area contributed by atoms with Crippen LogP contribution in [0.15, 0.2) is 12.1 Å². The lowest BCUT2D eigenvalue weighted by molar-refractivity contribution is 0.0599. The number of methoxy groups -OCH3 is 1. The molecule has 1 aromatic heterocycles. The van der Waals surface area contributed by atoms with Crippen LogP contribution in [0.1, 0.15) is 40.5 Å². The average molecular weight is 206 g/mol. The number of aromatic nitrogens is 1. The van der Waals surface area contributed by atoms with Crippen molar-refractivity contribution in [3.8, 4) is 0 Å². The second kappa shape index (κ2) is 3.98. The minimum absolute atomic E-state index is 0.312. The molecule has 0 spiro atoms. The fourth-order valence-electron chi connectivity index (χ4n) is 1.58. The van der Waals surface area contributed by atoms with Crippen molar-refractivity contribution in [1.29, 1.82) is 0 Å². The molecular weight excluding hydrogens is 192 g/mol. The molecule has 2 rings (SSSR count). The molecule has 0 amide bonds. The normalized spacial score (nSPS) is 15.1. The van der Waals surface area contributed by atoms with Gasteiger partial charge in [-0.25, -0.2) is 4.79 Å². The predicted octanol–water partition coefficient (Wildman–Crippen LogP) is 1.20. The monoisotopic (exact) mass is 206 g/mol. The van der Waals surface area contributed by atoms with Gasteiger partial charge in [0.15, 0.2) is 0 Å². The van der Waals surface area contributed by atoms with E-state index in [-0.39, 0.29) is 5.97 Å². The zero-order valence-electron chi connectivity index (χ0n) is 8.69. The Morgan fingerprint density at radius 3 is 2.87 bits per heavy atom. The van der Waals surface area contributed by atoms with Crippen LogP contribution in [0.3, 0.4) is 0 Å². The molecule has 0 aromatic carbocycles. The van der Waals surface area contributed by atoms with Crippen molar-refractivity contribution in [3.63, 3.8) is 0 Å². The SMILES string of the molecule is COC(=O)c1ccc(CN)nc1C1CC1. The third-order valence-corrected chi connectivity index (χ3v) is 2.56. The average Bonchev–Trinajstić information content (AvgIpc) is 3.11. The van der Waals surface area contributed by atoms with Crippen molar-refractivity contribution in [2.75, 3.05) is 7.11 Å². The number of rotatable bonds is 3.